The van der Waals surface area contributed by atoms with Crippen LogP contribution in [0.15, 0.2) is 36.5 Å². The van der Waals surface area contributed by atoms with E-state index >= 15 is 0 Å². The molecule has 0 aliphatic rings. The van der Waals surface area contributed by atoms with Crippen molar-refractivity contribution in [1.82, 2.24) is 4.98 Å². The van der Waals surface area contributed by atoms with Crippen molar-refractivity contribution < 1.29 is 0 Å². The molecule has 0 aliphatic heterocycles. The van der Waals surface area contributed by atoms with E-state index in [1.165, 1.54) is 22.3 Å². The van der Waals surface area contributed by atoms with Crippen molar-refractivity contribution in [3.05, 3.63) is 64.5 Å². The van der Waals surface area contributed by atoms with Crippen molar-refractivity contribution in [2.75, 3.05) is 6.54 Å². The summed E-state index contributed by atoms with van der Waals surface area (Å²) in [5, 5.41) is 0. The van der Waals surface area contributed by atoms with Gasteiger partial charge in [0, 0.05) is 24.4 Å². The summed E-state index contributed by atoms with van der Waals surface area (Å²) in [6.45, 7) is 7.03. The summed E-state index contributed by atoms with van der Waals surface area (Å²) < 4.78 is 0. The Hall–Kier alpha value is -1.67. The molecule has 0 spiro atoms. The van der Waals surface area contributed by atoms with Gasteiger partial charge in [-0.1, -0.05) is 29.8 Å². The van der Waals surface area contributed by atoms with Gasteiger partial charge in [0.2, 0.25) is 0 Å². The predicted octanol–water partition coefficient (Wildman–Crippen LogP) is 3.29. The molecule has 0 amide bonds. The van der Waals surface area contributed by atoms with Gasteiger partial charge >= 0.3 is 0 Å². The SMILES string of the molecule is Cc1ccc(CC(CN)c2ncccc2C)c(C)c1. The first-order valence-corrected chi connectivity index (χ1v) is 6.79. The van der Waals surface area contributed by atoms with Gasteiger partial charge in [0.15, 0.2) is 0 Å². The van der Waals surface area contributed by atoms with E-state index in [0.717, 1.165) is 12.1 Å². The summed E-state index contributed by atoms with van der Waals surface area (Å²) in [5.41, 5.74) is 12.3. The van der Waals surface area contributed by atoms with Crippen LogP contribution < -0.4 is 5.73 Å². The van der Waals surface area contributed by atoms with E-state index in [9.17, 15) is 0 Å². The van der Waals surface area contributed by atoms with Crippen molar-refractivity contribution in [3.8, 4) is 0 Å². The Morgan fingerprint density at radius 3 is 2.53 bits per heavy atom. The maximum absolute atomic E-state index is 5.96. The minimum Gasteiger partial charge on any atom is -0.330 e. The fourth-order valence-corrected chi connectivity index (χ4v) is 2.56. The van der Waals surface area contributed by atoms with Crippen LogP contribution in [-0.4, -0.2) is 11.5 Å². The zero-order valence-electron chi connectivity index (χ0n) is 12.0. The highest BCUT2D eigenvalue weighted by Gasteiger charge is 2.15. The lowest BCUT2D eigenvalue weighted by molar-refractivity contribution is 0.665. The maximum Gasteiger partial charge on any atom is 0.0479 e. The molecule has 19 heavy (non-hydrogen) atoms. The molecule has 2 N–H and O–H groups in total. The molecule has 1 aromatic carbocycles. The minimum absolute atomic E-state index is 0.294. The molecule has 0 saturated heterocycles. The van der Waals surface area contributed by atoms with Gasteiger partial charge in [0.05, 0.1) is 0 Å². The van der Waals surface area contributed by atoms with E-state index in [0.29, 0.717) is 12.5 Å². The summed E-state index contributed by atoms with van der Waals surface area (Å²) in [5.74, 6) is 0.294. The van der Waals surface area contributed by atoms with Crippen LogP contribution in [0.3, 0.4) is 0 Å². The van der Waals surface area contributed by atoms with Crippen LogP contribution in [0.1, 0.15) is 33.9 Å². The number of pyridine rings is 1. The van der Waals surface area contributed by atoms with Crippen LogP contribution in [-0.2, 0) is 6.42 Å². The third kappa shape index (κ3) is 3.21. The van der Waals surface area contributed by atoms with E-state index in [-0.39, 0.29) is 0 Å². The largest absolute Gasteiger partial charge is 0.330 e. The van der Waals surface area contributed by atoms with E-state index in [1.54, 1.807) is 0 Å². The molecule has 100 valence electrons. The second-order valence-electron chi connectivity index (χ2n) is 5.27. The van der Waals surface area contributed by atoms with Crippen LogP contribution in [0.5, 0.6) is 0 Å². The van der Waals surface area contributed by atoms with Crippen molar-refractivity contribution in [2.45, 2.75) is 33.1 Å². The molecule has 1 atom stereocenters. The Kier molecular flexibility index (Phi) is 4.33. The molecule has 2 rings (SSSR count). The normalized spacial score (nSPS) is 12.4. The van der Waals surface area contributed by atoms with Crippen LogP contribution in [0, 0.1) is 20.8 Å². The predicted molar refractivity (Wildman–Crippen MR) is 80.4 cm³/mol. The van der Waals surface area contributed by atoms with Gasteiger partial charge in [-0.2, -0.15) is 0 Å². The van der Waals surface area contributed by atoms with Crippen LogP contribution in [0.2, 0.25) is 0 Å². The molecular formula is C17H22N2. The van der Waals surface area contributed by atoms with E-state index in [4.69, 9.17) is 5.73 Å². The molecule has 2 aromatic rings. The molecule has 0 radical (unpaired) electrons. The Morgan fingerprint density at radius 1 is 1.11 bits per heavy atom. The Labute approximate surface area is 115 Å². The van der Waals surface area contributed by atoms with Gasteiger partial charge < -0.3 is 5.73 Å². The third-order valence-corrected chi connectivity index (χ3v) is 3.69. The quantitative estimate of drug-likeness (QED) is 0.909. The zero-order chi connectivity index (χ0) is 13.8. The average Bonchev–Trinajstić information content (AvgIpc) is 2.39. The van der Waals surface area contributed by atoms with Gasteiger partial charge in [-0.25, -0.2) is 0 Å². The average molecular weight is 254 g/mol. The van der Waals surface area contributed by atoms with Crippen molar-refractivity contribution >= 4 is 0 Å². The Balaban J connectivity index is 2.27. The van der Waals surface area contributed by atoms with Gasteiger partial charge in [0.25, 0.3) is 0 Å². The first-order valence-electron chi connectivity index (χ1n) is 6.79. The van der Waals surface area contributed by atoms with Crippen molar-refractivity contribution in [3.63, 3.8) is 0 Å². The lowest BCUT2D eigenvalue weighted by atomic mass is 9.91. The number of aryl methyl sites for hydroxylation is 3. The molecule has 2 nitrogen and oxygen atoms in total. The van der Waals surface area contributed by atoms with E-state index < -0.39 is 0 Å². The fourth-order valence-electron chi connectivity index (χ4n) is 2.56. The lowest BCUT2D eigenvalue weighted by Gasteiger charge is -2.18. The molecular weight excluding hydrogens is 232 g/mol. The van der Waals surface area contributed by atoms with Gasteiger partial charge in [0.1, 0.15) is 0 Å². The summed E-state index contributed by atoms with van der Waals surface area (Å²) in [4.78, 5) is 4.51. The Morgan fingerprint density at radius 2 is 1.89 bits per heavy atom. The number of nitrogens with zero attached hydrogens (tertiary/aromatic N) is 1. The first-order chi connectivity index (χ1) is 9.11. The number of aromatic nitrogens is 1. The fraction of sp³-hybridized carbons (Fsp3) is 0.353. The van der Waals surface area contributed by atoms with Crippen LogP contribution in [0.25, 0.3) is 0 Å². The topological polar surface area (TPSA) is 38.9 Å². The monoisotopic (exact) mass is 254 g/mol. The van der Waals surface area contributed by atoms with Crippen LogP contribution in [0.4, 0.5) is 0 Å². The summed E-state index contributed by atoms with van der Waals surface area (Å²) in [6, 6.07) is 10.7. The van der Waals surface area contributed by atoms with Crippen molar-refractivity contribution in [1.29, 1.82) is 0 Å². The minimum atomic E-state index is 0.294. The van der Waals surface area contributed by atoms with E-state index in [1.807, 2.05) is 12.3 Å². The maximum atomic E-state index is 5.96. The Bertz CT molecular complexity index is 561. The number of hydrogen-bond donors (Lipinski definition) is 1. The molecule has 0 bridgehead atoms. The second kappa shape index (κ2) is 5.98. The molecule has 0 saturated carbocycles. The van der Waals surface area contributed by atoms with Gasteiger partial charge in [-0.3, -0.25) is 4.98 Å². The molecule has 1 unspecified atom stereocenters. The smallest absolute Gasteiger partial charge is 0.0479 e. The lowest BCUT2D eigenvalue weighted by Crippen LogP contribution is -2.17. The standard InChI is InChI=1S/C17H22N2/c1-12-6-7-15(14(3)9-12)10-16(11-18)17-13(2)5-4-8-19-17/h4-9,16H,10-11,18H2,1-3H3. The highest BCUT2D eigenvalue weighted by Crippen LogP contribution is 2.23. The van der Waals surface area contributed by atoms with Crippen LogP contribution >= 0.6 is 0 Å². The number of nitrogens with two attached hydrogens (primary N) is 1. The van der Waals surface area contributed by atoms with Crippen molar-refractivity contribution in [2.24, 2.45) is 5.73 Å². The molecule has 0 aliphatic carbocycles. The molecule has 0 fully saturated rings. The summed E-state index contributed by atoms with van der Waals surface area (Å²) in [6.07, 6.45) is 2.81. The third-order valence-electron chi connectivity index (χ3n) is 3.69. The number of hydrogen-bond acceptors (Lipinski definition) is 2. The second-order valence-corrected chi connectivity index (χ2v) is 5.27. The number of rotatable bonds is 4. The molecule has 2 heteroatoms. The van der Waals surface area contributed by atoms with E-state index in [2.05, 4.69) is 50.0 Å². The van der Waals surface area contributed by atoms with Gasteiger partial charge in [-0.05, 0) is 49.9 Å². The van der Waals surface area contributed by atoms with Gasteiger partial charge in [-0.15, -0.1) is 0 Å². The molecule has 1 aromatic heterocycles. The summed E-state index contributed by atoms with van der Waals surface area (Å²) >= 11 is 0. The highest BCUT2D eigenvalue weighted by atomic mass is 14.7. The first kappa shape index (κ1) is 13.8. The number of benzene rings is 1. The summed E-state index contributed by atoms with van der Waals surface area (Å²) in [7, 11) is 0. The zero-order valence-corrected chi connectivity index (χ0v) is 12.0. The molecule has 1 heterocycles. The highest BCUT2D eigenvalue weighted by molar-refractivity contribution is 5.33.